The first kappa shape index (κ1) is 24.6. The summed E-state index contributed by atoms with van der Waals surface area (Å²) in [7, 11) is 0. The van der Waals surface area contributed by atoms with Crippen LogP contribution in [0.4, 0.5) is 0 Å². The number of thioether (sulfide) groups is 2. The molecule has 0 fully saturated rings. The Bertz CT molecular complexity index is 231. The first-order chi connectivity index (χ1) is 11.8. The van der Waals surface area contributed by atoms with Gasteiger partial charge in [-0.2, -0.15) is 23.5 Å². The number of rotatable bonds is 20. The highest BCUT2D eigenvalue weighted by Crippen LogP contribution is 2.09. The van der Waals surface area contributed by atoms with Gasteiger partial charge in [0.2, 0.25) is 0 Å². The summed E-state index contributed by atoms with van der Waals surface area (Å²) in [5, 5.41) is 9.82. The molecule has 146 valence electrons. The molecule has 0 aromatic rings. The number of aliphatic hydroxyl groups excluding tert-OH is 1. The lowest BCUT2D eigenvalue weighted by atomic mass is 10.2. The lowest BCUT2D eigenvalue weighted by Crippen LogP contribution is -2.20. The molecule has 0 aromatic heterocycles. The minimum Gasteiger partial charge on any atom is -0.390 e. The number of hydrogen-bond donors (Lipinski definition) is 1. The standard InChI is InChI=1S/C19H40O3S2/c1-3-5-7-9-14-23-16-13-21-11-12-22-17-19(20)18-24-15-10-8-6-4-2/h19-20H,3-18H2,1-2H3/t19-/m0/s1. The molecule has 0 aliphatic heterocycles. The Hall–Kier alpha value is 0.580. The number of aliphatic hydroxyl groups is 1. The van der Waals surface area contributed by atoms with Gasteiger partial charge in [0.05, 0.1) is 32.5 Å². The summed E-state index contributed by atoms with van der Waals surface area (Å²) in [5.41, 5.74) is 0. The summed E-state index contributed by atoms with van der Waals surface area (Å²) in [4.78, 5) is 0. The molecule has 1 atom stereocenters. The van der Waals surface area contributed by atoms with Crippen LogP contribution in [0.25, 0.3) is 0 Å². The van der Waals surface area contributed by atoms with Crippen molar-refractivity contribution < 1.29 is 14.6 Å². The maximum Gasteiger partial charge on any atom is 0.0863 e. The molecule has 0 amide bonds. The summed E-state index contributed by atoms with van der Waals surface area (Å²) < 4.78 is 11.0. The summed E-state index contributed by atoms with van der Waals surface area (Å²) in [6.07, 6.45) is 10.2. The van der Waals surface area contributed by atoms with Crippen LogP contribution in [-0.2, 0) is 9.47 Å². The summed E-state index contributed by atoms with van der Waals surface area (Å²) >= 11 is 3.81. The van der Waals surface area contributed by atoms with Crippen molar-refractivity contribution in [2.75, 3.05) is 49.4 Å². The molecule has 3 nitrogen and oxygen atoms in total. The van der Waals surface area contributed by atoms with Gasteiger partial charge in [-0.1, -0.05) is 52.4 Å². The summed E-state index contributed by atoms with van der Waals surface area (Å²) in [5.74, 6) is 4.25. The van der Waals surface area contributed by atoms with Gasteiger partial charge in [-0.25, -0.2) is 0 Å². The van der Waals surface area contributed by atoms with Crippen LogP contribution in [0.1, 0.15) is 65.2 Å². The molecular formula is C19H40O3S2. The van der Waals surface area contributed by atoms with Crippen molar-refractivity contribution in [2.24, 2.45) is 0 Å². The van der Waals surface area contributed by atoms with Crippen molar-refractivity contribution >= 4 is 23.5 Å². The molecule has 0 heterocycles. The molecule has 5 heteroatoms. The van der Waals surface area contributed by atoms with Crippen molar-refractivity contribution in [3.8, 4) is 0 Å². The molecular weight excluding hydrogens is 340 g/mol. The third-order valence-corrected chi connectivity index (χ3v) is 5.88. The van der Waals surface area contributed by atoms with Gasteiger partial charge in [0.1, 0.15) is 0 Å². The van der Waals surface area contributed by atoms with Gasteiger partial charge in [-0.3, -0.25) is 0 Å². The van der Waals surface area contributed by atoms with E-state index >= 15 is 0 Å². The molecule has 0 bridgehead atoms. The lowest BCUT2D eigenvalue weighted by molar-refractivity contribution is 0.0139. The van der Waals surface area contributed by atoms with E-state index in [1.165, 1.54) is 57.1 Å². The summed E-state index contributed by atoms with van der Waals surface area (Å²) in [6, 6.07) is 0. The average molecular weight is 381 g/mol. The molecule has 0 aromatic carbocycles. The molecule has 0 unspecified atom stereocenters. The number of hydrogen-bond acceptors (Lipinski definition) is 5. The van der Waals surface area contributed by atoms with Crippen molar-refractivity contribution in [1.29, 1.82) is 0 Å². The van der Waals surface area contributed by atoms with Crippen molar-refractivity contribution in [1.82, 2.24) is 0 Å². The van der Waals surface area contributed by atoms with Crippen LogP contribution >= 0.6 is 23.5 Å². The second-order valence-corrected chi connectivity index (χ2v) is 8.52. The Kier molecular flexibility index (Phi) is 22.1. The Labute approximate surface area is 159 Å². The van der Waals surface area contributed by atoms with Crippen molar-refractivity contribution in [3.63, 3.8) is 0 Å². The van der Waals surface area contributed by atoms with E-state index in [1.54, 1.807) is 0 Å². The molecule has 0 spiro atoms. The minimum atomic E-state index is -0.347. The first-order valence-electron chi connectivity index (χ1n) is 9.80. The normalized spacial score (nSPS) is 12.6. The zero-order valence-electron chi connectivity index (χ0n) is 16.0. The molecule has 0 saturated carbocycles. The molecule has 0 radical (unpaired) electrons. The van der Waals surface area contributed by atoms with Gasteiger partial charge in [0.15, 0.2) is 0 Å². The van der Waals surface area contributed by atoms with E-state index < -0.39 is 0 Å². The maximum absolute atomic E-state index is 9.82. The fraction of sp³-hybridized carbons (Fsp3) is 1.00. The van der Waals surface area contributed by atoms with E-state index in [-0.39, 0.29) is 6.10 Å². The van der Waals surface area contributed by atoms with Gasteiger partial charge in [0, 0.05) is 11.5 Å². The topological polar surface area (TPSA) is 38.7 Å². The highest BCUT2D eigenvalue weighted by molar-refractivity contribution is 7.99. The molecule has 0 rings (SSSR count). The average Bonchev–Trinajstić information content (AvgIpc) is 2.59. The van der Waals surface area contributed by atoms with E-state index in [4.69, 9.17) is 9.47 Å². The van der Waals surface area contributed by atoms with E-state index in [0.717, 1.165) is 23.9 Å². The highest BCUT2D eigenvalue weighted by atomic mass is 32.2. The molecule has 1 N–H and O–H groups in total. The molecule has 0 saturated heterocycles. The Balaban J connectivity index is 3.10. The Morgan fingerprint density at radius 2 is 1.33 bits per heavy atom. The second-order valence-electron chi connectivity index (χ2n) is 6.15. The molecule has 24 heavy (non-hydrogen) atoms. The third kappa shape index (κ3) is 20.6. The van der Waals surface area contributed by atoms with E-state index in [2.05, 4.69) is 13.8 Å². The minimum absolute atomic E-state index is 0.347. The highest BCUT2D eigenvalue weighted by Gasteiger charge is 2.04. The SMILES string of the molecule is CCCCCCSCCOCCOC[C@H](O)CSCCCCCC. The largest absolute Gasteiger partial charge is 0.390 e. The fourth-order valence-electron chi connectivity index (χ4n) is 2.19. The van der Waals surface area contributed by atoms with Gasteiger partial charge in [-0.15, -0.1) is 0 Å². The van der Waals surface area contributed by atoms with Crippen LogP contribution in [0.5, 0.6) is 0 Å². The first-order valence-corrected chi connectivity index (χ1v) is 12.1. The maximum atomic E-state index is 9.82. The Morgan fingerprint density at radius 1 is 0.708 bits per heavy atom. The van der Waals surface area contributed by atoms with Crippen molar-refractivity contribution in [3.05, 3.63) is 0 Å². The van der Waals surface area contributed by atoms with Crippen LogP contribution in [0.2, 0.25) is 0 Å². The summed E-state index contributed by atoms with van der Waals surface area (Å²) in [6.45, 7) is 6.92. The predicted molar refractivity (Wildman–Crippen MR) is 111 cm³/mol. The fourth-order valence-corrected chi connectivity index (χ4v) is 3.98. The monoisotopic (exact) mass is 380 g/mol. The van der Waals surface area contributed by atoms with Crippen LogP contribution in [0.15, 0.2) is 0 Å². The van der Waals surface area contributed by atoms with E-state index in [9.17, 15) is 5.11 Å². The molecule has 0 aliphatic carbocycles. The zero-order valence-corrected chi connectivity index (χ0v) is 17.6. The zero-order chi connectivity index (χ0) is 17.7. The van der Waals surface area contributed by atoms with Crippen LogP contribution in [-0.4, -0.2) is 60.6 Å². The van der Waals surface area contributed by atoms with Crippen molar-refractivity contribution in [2.45, 2.75) is 71.3 Å². The van der Waals surface area contributed by atoms with E-state index in [0.29, 0.717) is 19.8 Å². The third-order valence-electron chi connectivity index (χ3n) is 3.65. The van der Waals surface area contributed by atoms with Gasteiger partial charge < -0.3 is 14.6 Å². The second kappa shape index (κ2) is 21.6. The van der Waals surface area contributed by atoms with Crippen LogP contribution in [0.3, 0.4) is 0 Å². The number of unbranched alkanes of at least 4 members (excludes halogenated alkanes) is 6. The number of ether oxygens (including phenoxy) is 2. The van der Waals surface area contributed by atoms with Gasteiger partial charge in [0.25, 0.3) is 0 Å². The Morgan fingerprint density at radius 3 is 2.00 bits per heavy atom. The van der Waals surface area contributed by atoms with Gasteiger partial charge in [-0.05, 0) is 24.3 Å². The smallest absolute Gasteiger partial charge is 0.0863 e. The lowest BCUT2D eigenvalue weighted by Gasteiger charge is -2.11. The van der Waals surface area contributed by atoms with E-state index in [1.807, 2.05) is 23.5 Å². The molecule has 0 aliphatic rings. The van der Waals surface area contributed by atoms with Crippen LogP contribution in [0, 0.1) is 0 Å². The quantitative estimate of drug-likeness (QED) is 0.301. The van der Waals surface area contributed by atoms with Crippen LogP contribution < -0.4 is 0 Å². The van der Waals surface area contributed by atoms with Gasteiger partial charge >= 0.3 is 0 Å². The predicted octanol–water partition coefficient (Wildman–Crippen LogP) is 5.01.